The highest BCUT2D eigenvalue weighted by molar-refractivity contribution is 5.99. The highest BCUT2D eigenvalue weighted by Crippen LogP contribution is 2.45. The quantitative estimate of drug-likeness (QED) is 0.632. The number of anilines is 1. The van der Waals surface area contributed by atoms with Gasteiger partial charge in [-0.05, 0) is 48.7 Å². The van der Waals surface area contributed by atoms with Crippen molar-refractivity contribution < 1.29 is 14.3 Å². The Bertz CT molecular complexity index is 1270. The Balaban J connectivity index is 1.30. The normalized spacial score (nSPS) is 23.2. The number of carbonyl (C=O) groups excluding carboxylic acids is 2. The molecule has 6 heteroatoms. The summed E-state index contributed by atoms with van der Waals surface area (Å²) in [6.07, 6.45) is 1.47. The number of nitrogens with one attached hydrogen (secondary N) is 1. The van der Waals surface area contributed by atoms with Gasteiger partial charge in [0, 0.05) is 30.6 Å². The van der Waals surface area contributed by atoms with Gasteiger partial charge >= 0.3 is 6.03 Å². The van der Waals surface area contributed by atoms with Crippen LogP contribution < -0.4 is 15.0 Å². The topological polar surface area (TPSA) is 61.9 Å². The van der Waals surface area contributed by atoms with Crippen molar-refractivity contribution in [2.24, 2.45) is 0 Å². The van der Waals surface area contributed by atoms with E-state index in [2.05, 4.69) is 17.4 Å². The molecule has 0 spiro atoms. The third-order valence-electron chi connectivity index (χ3n) is 6.95. The van der Waals surface area contributed by atoms with Gasteiger partial charge in [0.1, 0.15) is 5.75 Å². The molecule has 3 amide bonds. The van der Waals surface area contributed by atoms with Crippen molar-refractivity contribution in [2.45, 2.75) is 38.1 Å². The van der Waals surface area contributed by atoms with E-state index in [-0.39, 0.29) is 18.0 Å². The molecule has 33 heavy (non-hydrogen) atoms. The van der Waals surface area contributed by atoms with Crippen molar-refractivity contribution in [3.05, 3.63) is 95.1 Å². The van der Waals surface area contributed by atoms with Crippen LogP contribution in [0.1, 0.15) is 46.4 Å². The van der Waals surface area contributed by atoms with Crippen molar-refractivity contribution in [3.8, 4) is 5.75 Å². The van der Waals surface area contributed by atoms with Crippen LogP contribution >= 0.6 is 0 Å². The number of hydrogen-bond acceptors (Lipinski definition) is 3. The van der Waals surface area contributed by atoms with Crippen molar-refractivity contribution in [1.82, 2.24) is 10.2 Å². The smallest absolute Gasteiger partial charge is 0.325 e. The highest BCUT2D eigenvalue weighted by Gasteiger charge is 2.49. The zero-order valence-corrected chi connectivity index (χ0v) is 18.5. The van der Waals surface area contributed by atoms with Gasteiger partial charge in [-0.15, -0.1) is 0 Å². The Labute approximate surface area is 192 Å². The van der Waals surface area contributed by atoms with Gasteiger partial charge in [0.25, 0.3) is 5.91 Å². The summed E-state index contributed by atoms with van der Waals surface area (Å²) in [5.41, 5.74) is 3.87. The number of para-hydroxylation sites is 1. The molecule has 0 saturated carbocycles. The lowest BCUT2D eigenvalue weighted by molar-refractivity contribution is 0.0378. The molecule has 3 aliphatic heterocycles. The molecule has 3 aliphatic rings. The molecule has 6 nitrogen and oxygen atoms in total. The molecular weight excluding hydrogens is 414 g/mol. The zero-order chi connectivity index (χ0) is 22.6. The summed E-state index contributed by atoms with van der Waals surface area (Å²) in [7, 11) is 0. The van der Waals surface area contributed by atoms with Crippen LogP contribution in [-0.4, -0.2) is 29.1 Å². The number of nitrogens with zero attached hydrogens (tertiary/aromatic N) is 2. The molecule has 0 aliphatic carbocycles. The lowest BCUT2D eigenvalue weighted by Gasteiger charge is -2.50. The van der Waals surface area contributed by atoms with E-state index >= 15 is 0 Å². The molecule has 3 aromatic rings. The van der Waals surface area contributed by atoms with E-state index in [0.717, 1.165) is 17.7 Å². The van der Waals surface area contributed by atoms with E-state index in [1.165, 1.54) is 11.1 Å². The molecule has 2 atom stereocenters. The summed E-state index contributed by atoms with van der Waals surface area (Å²) in [6.45, 7) is 3.22. The molecule has 1 fully saturated rings. The van der Waals surface area contributed by atoms with Crippen LogP contribution in [0.25, 0.3) is 0 Å². The Morgan fingerprint density at radius 1 is 1.03 bits per heavy atom. The van der Waals surface area contributed by atoms with E-state index in [9.17, 15) is 9.59 Å². The van der Waals surface area contributed by atoms with Crippen LogP contribution in [0.5, 0.6) is 5.75 Å². The fraction of sp³-hybridized carbons (Fsp3) is 0.259. The average Bonchev–Trinajstić information content (AvgIpc) is 2.83. The van der Waals surface area contributed by atoms with Crippen LogP contribution in [0.15, 0.2) is 72.8 Å². The number of hydrogen-bond donors (Lipinski definition) is 1. The number of carbonyl (C=O) groups is 2. The third-order valence-corrected chi connectivity index (χ3v) is 6.95. The lowest BCUT2D eigenvalue weighted by Crippen LogP contribution is -2.65. The fourth-order valence-corrected chi connectivity index (χ4v) is 5.34. The van der Waals surface area contributed by atoms with E-state index in [4.69, 9.17) is 4.74 Å². The Morgan fingerprint density at radius 2 is 1.82 bits per heavy atom. The van der Waals surface area contributed by atoms with E-state index in [0.29, 0.717) is 30.8 Å². The summed E-state index contributed by atoms with van der Waals surface area (Å²) < 4.78 is 6.35. The first kappa shape index (κ1) is 19.9. The van der Waals surface area contributed by atoms with Crippen LogP contribution in [0.2, 0.25) is 0 Å². The standard InChI is InChI=1S/C27H25N3O3/c1-27-16-23(22-11-4-5-12-24(22)33-27)28-26(32)30(27)21-10-6-9-19(15-21)25(31)29-14-13-18-7-2-3-8-20(18)17-29/h2-12,15,23H,13-14,16-17H2,1H3,(H,28,32). The fourth-order valence-electron chi connectivity index (χ4n) is 5.34. The molecule has 2 unspecified atom stereocenters. The molecule has 6 rings (SSSR count). The number of ether oxygens (including phenoxy) is 1. The molecule has 1 saturated heterocycles. The second-order valence-corrected chi connectivity index (χ2v) is 9.15. The van der Waals surface area contributed by atoms with Gasteiger partial charge in [-0.2, -0.15) is 0 Å². The molecule has 3 aromatic carbocycles. The van der Waals surface area contributed by atoms with E-state index in [1.54, 1.807) is 11.0 Å². The summed E-state index contributed by atoms with van der Waals surface area (Å²) in [6, 6.07) is 23.1. The van der Waals surface area contributed by atoms with Gasteiger partial charge < -0.3 is 15.0 Å². The predicted octanol–water partition coefficient (Wildman–Crippen LogP) is 4.65. The van der Waals surface area contributed by atoms with Crippen LogP contribution in [0.4, 0.5) is 10.5 Å². The molecule has 0 radical (unpaired) electrons. The maximum atomic E-state index is 13.4. The molecule has 0 aromatic heterocycles. The van der Waals surface area contributed by atoms with Crippen molar-refractivity contribution >= 4 is 17.6 Å². The first-order valence-electron chi connectivity index (χ1n) is 11.4. The summed E-state index contributed by atoms with van der Waals surface area (Å²) >= 11 is 0. The van der Waals surface area contributed by atoms with Crippen LogP contribution in [0, 0.1) is 0 Å². The molecular formula is C27H25N3O3. The Morgan fingerprint density at radius 3 is 2.70 bits per heavy atom. The van der Waals surface area contributed by atoms with Gasteiger partial charge in [-0.3, -0.25) is 9.69 Å². The van der Waals surface area contributed by atoms with Gasteiger partial charge in [0.2, 0.25) is 0 Å². The second kappa shape index (κ2) is 7.37. The van der Waals surface area contributed by atoms with Gasteiger partial charge in [0.15, 0.2) is 5.72 Å². The van der Waals surface area contributed by atoms with E-state index < -0.39 is 5.72 Å². The van der Waals surface area contributed by atoms with Crippen LogP contribution in [-0.2, 0) is 13.0 Å². The average molecular weight is 440 g/mol. The van der Waals surface area contributed by atoms with E-state index in [1.807, 2.05) is 66.4 Å². The van der Waals surface area contributed by atoms with Crippen LogP contribution in [0.3, 0.4) is 0 Å². The third kappa shape index (κ3) is 3.25. The first-order valence-corrected chi connectivity index (χ1v) is 11.4. The maximum Gasteiger partial charge on any atom is 0.325 e. The molecule has 1 N–H and O–H groups in total. The second-order valence-electron chi connectivity index (χ2n) is 9.15. The van der Waals surface area contributed by atoms with Crippen molar-refractivity contribution in [1.29, 1.82) is 0 Å². The Hall–Kier alpha value is -3.80. The zero-order valence-electron chi connectivity index (χ0n) is 18.5. The largest absolute Gasteiger partial charge is 0.467 e. The monoisotopic (exact) mass is 439 g/mol. The molecule has 3 heterocycles. The van der Waals surface area contributed by atoms with Crippen molar-refractivity contribution in [2.75, 3.05) is 11.4 Å². The van der Waals surface area contributed by atoms with Crippen molar-refractivity contribution in [3.63, 3.8) is 0 Å². The highest BCUT2D eigenvalue weighted by atomic mass is 16.5. The van der Waals surface area contributed by atoms with Gasteiger partial charge in [0.05, 0.1) is 11.7 Å². The molecule has 2 bridgehead atoms. The minimum atomic E-state index is -0.840. The number of benzene rings is 3. The summed E-state index contributed by atoms with van der Waals surface area (Å²) in [5, 5.41) is 3.11. The first-order chi connectivity index (χ1) is 16.0. The Kier molecular flexibility index (Phi) is 4.43. The number of rotatable bonds is 2. The maximum absolute atomic E-state index is 13.4. The summed E-state index contributed by atoms with van der Waals surface area (Å²) in [5.74, 6) is 0.752. The SMILES string of the molecule is CC12CC(NC(=O)N1c1cccc(C(=O)N3CCc4ccccc4C3)c1)c1ccccc1O2. The summed E-state index contributed by atoms with van der Waals surface area (Å²) in [4.78, 5) is 30.1. The minimum Gasteiger partial charge on any atom is -0.467 e. The predicted molar refractivity (Wildman–Crippen MR) is 125 cm³/mol. The van der Waals surface area contributed by atoms with Gasteiger partial charge in [-0.1, -0.05) is 48.5 Å². The number of fused-ring (bicyclic) bond motifs is 5. The minimum absolute atomic E-state index is 0.0262. The lowest BCUT2D eigenvalue weighted by atomic mass is 9.90. The number of amides is 3. The molecule has 166 valence electrons. The van der Waals surface area contributed by atoms with Gasteiger partial charge in [-0.25, -0.2) is 4.79 Å². The number of urea groups is 1.